The van der Waals surface area contributed by atoms with Gasteiger partial charge in [0.1, 0.15) is 0 Å². The molecule has 7 aromatic carbocycles. The molecule has 0 amide bonds. The normalized spacial score (nSPS) is 20.4. The van der Waals surface area contributed by atoms with Crippen molar-refractivity contribution in [2.24, 2.45) is 0 Å². The van der Waals surface area contributed by atoms with Gasteiger partial charge in [-0.3, -0.25) is 0 Å². The minimum absolute atomic E-state index is 0.0895. The fraction of sp³-hybridized carbons (Fsp3) is 0.123. The number of aryl methyl sites for hydroxylation is 3. The lowest BCUT2D eigenvalue weighted by atomic mass is 9.82. The third kappa shape index (κ3) is 7.40. The molecular formula is C57H51N3. The molecular weight excluding hydrogens is 727 g/mol. The summed E-state index contributed by atoms with van der Waals surface area (Å²) in [4.78, 5) is 7.71. The molecule has 7 aromatic rings. The zero-order chi connectivity index (χ0) is 40.9. The lowest BCUT2D eigenvalue weighted by Crippen LogP contribution is -2.70. The van der Waals surface area contributed by atoms with Crippen molar-refractivity contribution in [1.29, 1.82) is 0 Å². The molecule has 0 radical (unpaired) electrons. The summed E-state index contributed by atoms with van der Waals surface area (Å²) in [7, 11) is 0. The lowest BCUT2D eigenvalue weighted by molar-refractivity contribution is 0.456. The van der Waals surface area contributed by atoms with Crippen LogP contribution in [0.4, 0.5) is 28.4 Å². The molecule has 0 saturated carbocycles. The van der Waals surface area contributed by atoms with Gasteiger partial charge in [-0.1, -0.05) is 158 Å². The largest absolute Gasteiger partial charge is 0.311 e. The van der Waals surface area contributed by atoms with Crippen LogP contribution in [0.2, 0.25) is 0 Å². The number of nitrogens with zero attached hydrogens (tertiary/aromatic N) is 3. The molecule has 294 valence electrons. The third-order valence-electron chi connectivity index (χ3n) is 11.8. The zero-order valence-corrected chi connectivity index (χ0v) is 34.6. The highest BCUT2D eigenvalue weighted by molar-refractivity contribution is 5.79. The van der Waals surface area contributed by atoms with Crippen molar-refractivity contribution in [2.75, 3.05) is 14.7 Å². The van der Waals surface area contributed by atoms with Crippen LogP contribution >= 0.6 is 0 Å². The molecule has 0 unspecified atom stereocenters. The van der Waals surface area contributed by atoms with Gasteiger partial charge < -0.3 is 14.7 Å². The molecule has 0 bridgehead atoms. The molecule has 0 atom stereocenters. The predicted molar refractivity (Wildman–Crippen MR) is 254 cm³/mol. The quantitative estimate of drug-likeness (QED) is 0.0957. The molecule has 0 heterocycles. The van der Waals surface area contributed by atoms with Gasteiger partial charge in [-0.15, -0.1) is 0 Å². The SMILES string of the molecule is Cc1cccc(N(c2ccccc2)C2(N(c3cccc(C)c3)C3(N(c4ccccc4)c4cccc(C)c4)C=CC(c4ccccc4)C=C3)C=CC(c3ccccc3)C=C2)c1. The third-order valence-corrected chi connectivity index (χ3v) is 11.8. The molecule has 3 heteroatoms. The van der Waals surface area contributed by atoms with E-state index in [1.807, 2.05) is 0 Å². The summed E-state index contributed by atoms with van der Waals surface area (Å²) in [5.41, 5.74) is 9.67. The van der Waals surface area contributed by atoms with Gasteiger partial charge in [0.2, 0.25) is 0 Å². The van der Waals surface area contributed by atoms with Crippen LogP contribution in [0, 0.1) is 20.8 Å². The van der Waals surface area contributed by atoms with Gasteiger partial charge in [0.15, 0.2) is 11.3 Å². The summed E-state index contributed by atoms with van der Waals surface area (Å²) < 4.78 is 0. The van der Waals surface area contributed by atoms with Crippen LogP contribution in [0.5, 0.6) is 0 Å². The minimum atomic E-state index is -0.917. The van der Waals surface area contributed by atoms with Crippen LogP contribution in [0.1, 0.15) is 39.7 Å². The smallest absolute Gasteiger partial charge is 0.158 e. The van der Waals surface area contributed by atoms with Gasteiger partial charge in [0.05, 0.1) is 0 Å². The first kappa shape index (κ1) is 38.4. The molecule has 0 N–H and O–H groups in total. The van der Waals surface area contributed by atoms with Crippen LogP contribution in [0.3, 0.4) is 0 Å². The number of rotatable bonds is 11. The molecule has 0 spiro atoms. The van der Waals surface area contributed by atoms with Crippen molar-refractivity contribution in [3.63, 3.8) is 0 Å². The molecule has 0 fully saturated rings. The van der Waals surface area contributed by atoms with E-state index in [1.165, 1.54) is 27.8 Å². The Balaban J connectivity index is 1.40. The highest BCUT2D eigenvalue weighted by atomic mass is 15.5. The summed E-state index contributed by atoms with van der Waals surface area (Å²) in [5.74, 6) is 0.179. The van der Waals surface area contributed by atoms with E-state index in [0.29, 0.717) is 0 Å². The summed E-state index contributed by atoms with van der Waals surface area (Å²) in [5, 5.41) is 0. The van der Waals surface area contributed by atoms with Gasteiger partial charge in [0.25, 0.3) is 0 Å². The van der Waals surface area contributed by atoms with Crippen LogP contribution in [0.15, 0.2) is 243 Å². The van der Waals surface area contributed by atoms with Gasteiger partial charge >= 0.3 is 0 Å². The van der Waals surface area contributed by atoms with Crippen LogP contribution < -0.4 is 14.7 Å². The molecule has 2 aliphatic rings. The Morgan fingerprint density at radius 2 is 0.617 bits per heavy atom. The first-order chi connectivity index (χ1) is 29.4. The standard InChI is InChI=1S/C57H51N3/c1-44-19-16-30-53(41-44)58(51-26-12-6-13-27-51)56(37-33-49(34-38-56)47-22-8-4-9-23-47)60(55-32-18-21-46(3)43-55)57(39-35-50(36-40-57)48-24-10-5-11-25-48)59(52-28-14-7-15-29-52)54-31-17-20-45(2)42-54/h4-43,49-50H,1-3H3. The fourth-order valence-corrected chi connectivity index (χ4v) is 9.09. The monoisotopic (exact) mass is 777 g/mol. The van der Waals surface area contributed by atoms with Crippen molar-refractivity contribution in [1.82, 2.24) is 0 Å². The predicted octanol–water partition coefficient (Wildman–Crippen LogP) is 14.3. The number of hydrogen-bond donors (Lipinski definition) is 0. The van der Waals surface area contributed by atoms with Crippen molar-refractivity contribution < 1.29 is 0 Å². The molecule has 9 rings (SSSR count). The Morgan fingerprint density at radius 1 is 0.317 bits per heavy atom. The zero-order valence-electron chi connectivity index (χ0n) is 34.6. The van der Waals surface area contributed by atoms with Crippen LogP contribution in [-0.4, -0.2) is 11.3 Å². The highest BCUT2D eigenvalue weighted by Crippen LogP contribution is 2.51. The molecule has 2 aliphatic carbocycles. The Kier molecular flexibility index (Phi) is 10.7. The first-order valence-electron chi connectivity index (χ1n) is 21.0. The van der Waals surface area contributed by atoms with E-state index in [2.05, 4.69) is 278 Å². The maximum atomic E-state index is 2.65. The van der Waals surface area contributed by atoms with Crippen LogP contribution in [0.25, 0.3) is 0 Å². The molecule has 0 aromatic heterocycles. The van der Waals surface area contributed by atoms with Gasteiger partial charge in [0, 0.05) is 40.3 Å². The molecule has 60 heavy (non-hydrogen) atoms. The number of hydrogen-bond acceptors (Lipinski definition) is 3. The van der Waals surface area contributed by atoms with Crippen molar-refractivity contribution >= 4 is 28.4 Å². The topological polar surface area (TPSA) is 9.72 Å². The number of benzene rings is 7. The number of para-hydroxylation sites is 2. The van der Waals surface area contributed by atoms with E-state index in [4.69, 9.17) is 0 Å². The Labute approximate surface area is 356 Å². The average molecular weight is 778 g/mol. The first-order valence-corrected chi connectivity index (χ1v) is 21.0. The van der Waals surface area contributed by atoms with Crippen LogP contribution in [-0.2, 0) is 0 Å². The van der Waals surface area contributed by atoms with E-state index in [9.17, 15) is 0 Å². The number of anilines is 5. The van der Waals surface area contributed by atoms with E-state index >= 15 is 0 Å². The second-order valence-electron chi connectivity index (χ2n) is 16.1. The van der Waals surface area contributed by atoms with E-state index in [-0.39, 0.29) is 11.8 Å². The van der Waals surface area contributed by atoms with E-state index in [1.54, 1.807) is 0 Å². The highest BCUT2D eigenvalue weighted by Gasteiger charge is 2.53. The number of allylic oxidation sites excluding steroid dienone is 4. The average Bonchev–Trinajstić information content (AvgIpc) is 3.29. The van der Waals surface area contributed by atoms with Gasteiger partial charge in [-0.05, 0) is 134 Å². The Bertz CT molecular complexity index is 2470. The van der Waals surface area contributed by atoms with E-state index < -0.39 is 11.3 Å². The second kappa shape index (κ2) is 16.6. The minimum Gasteiger partial charge on any atom is -0.311 e. The molecule has 0 aliphatic heterocycles. The maximum Gasteiger partial charge on any atom is 0.158 e. The van der Waals surface area contributed by atoms with Crippen molar-refractivity contribution in [3.05, 3.63) is 271 Å². The second-order valence-corrected chi connectivity index (χ2v) is 16.1. The van der Waals surface area contributed by atoms with Gasteiger partial charge in [-0.25, -0.2) is 0 Å². The van der Waals surface area contributed by atoms with E-state index in [0.717, 1.165) is 28.4 Å². The summed E-state index contributed by atoms with van der Waals surface area (Å²) >= 11 is 0. The lowest BCUT2D eigenvalue weighted by Gasteiger charge is -2.60. The van der Waals surface area contributed by atoms with Crippen molar-refractivity contribution in [2.45, 2.75) is 43.9 Å². The Hall–Kier alpha value is -7.10. The Morgan fingerprint density at radius 3 is 0.967 bits per heavy atom. The molecule has 3 nitrogen and oxygen atoms in total. The summed E-state index contributed by atoms with van der Waals surface area (Å²) in [6, 6.07) is 70.3. The molecule has 0 saturated heterocycles. The summed E-state index contributed by atoms with van der Waals surface area (Å²) in [6.07, 6.45) is 19.4. The van der Waals surface area contributed by atoms with Gasteiger partial charge in [-0.2, -0.15) is 0 Å². The summed E-state index contributed by atoms with van der Waals surface area (Å²) in [6.45, 7) is 6.56. The fourth-order valence-electron chi connectivity index (χ4n) is 9.09. The van der Waals surface area contributed by atoms with Crippen molar-refractivity contribution in [3.8, 4) is 0 Å². The maximum absolute atomic E-state index is 2.65.